The maximum Gasteiger partial charge on any atom is 0.238 e. The van der Waals surface area contributed by atoms with Gasteiger partial charge in [0.2, 0.25) is 5.91 Å². The fraction of sp³-hybridized carbons (Fsp3) is 0.0526. The van der Waals surface area contributed by atoms with Gasteiger partial charge < -0.3 is 5.32 Å². The third kappa shape index (κ3) is 2.10. The predicted octanol–water partition coefficient (Wildman–Crippen LogP) is 3.04. The summed E-state index contributed by atoms with van der Waals surface area (Å²) in [5.74, 6) is -1.33. The van der Waals surface area contributed by atoms with Gasteiger partial charge in [0.25, 0.3) is 0 Å². The van der Waals surface area contributed by atoms with Crippen molar-refractivity contribution in [2.24, 2.45) is 0 Å². The number of para-hydroxylation sites is 1. The number of hydrogen-bond acceptors (Lipinski definition) is 4. The first-order valence-electron chi connectivity index (χ1n) is 8.07. The molecule has 0 saturated heterocycles. The number of anilines is 1. The molecule has 26 heavy (non-hydrogen) atoms. The van der Waals surface area contributed by atoms with E-state index in [9.17, 15) is 9.18 Å². The first-order valence-corrected chi connectivity index (χ1v) is 8.07. The van der Waals surface area contributed by atoms with Gasteiger partial charge in [-0.05, 0) is 35.9 Å². The second-order valence-electron chi connectivity index (χ2n) is 6.04. The highest BCUT2D eigenvalue weighted by molar-refractivity contribution is 6.06. The molecule has 2 aromatic heterocycles. The van der Waals surface area contributed by atoms with Crippen LogP contribution >= 0.6 is 0 Å². The molecular weight excluding hydrogens is 333 g/mol. The molecule has 0 radical (unpaired) electrons. The molecule has 1 unspecified atom stereocenters. The molecule has 0 saturated carbocycles. The Morgan fingerprint density at radius 1 is 1.08 bits per heavy atom. The standard InChI is InChI=1S/C19H12FN5O/c20-11-6-7-15-13(8-11)16(19(26)24-15)17-14-9-23-25(18(14)22-10-21-17)12-4-2-1-3-5-12/h1-10,16H,(H,24,26). The number of benzene rings is 2. The second-order valence-corrected chi connectivity index (χ2v) is 6.04. The Labute approximate surface area is 147 Å². The smallest absolute Gasteiger partial charge is 0.238 e. The molecular formula is C19H12FN5O. The Hall–Kier alpha value is -3.61. The van der Waals surface area contributed by atoms with Gasteiger partial charge in [0.15, 0.2) is 5.65 Å². The molecule has 5 rings (SSSR count). The Balaban J connectivity index is 1.71. The third-order valence-corrected chi connectivity index (χ3v) is 4.52. The van der Waals surface area contributed by atoms with E-state index < -0.39 is 11.7 Å². The van der Waals surface area contributed by atoms with Crippen LogP contribution in [-0.4, -0.2) is 25.7 Å². The molecule has 7 heteroatoms. The average Bonchev–Trinajstić information content (AvgIpc) is 3.23. The first-order chi connectivity index (χ1) is 12.7. The Morgan fingerprint density at radius 3 is 2.77 bits per heavy atom. The molecule has 0 bridgehead atoms. The summed E-state index contributed by atoms with van der Waals surface area (Å²) in [5.41, 5.74) is 3.14. The molecule has 126 valence electrons. The summed E-state index contributed by atoms with van der Waals surface area (Å²) >= 11 is 0. The zero-order valence-electron chi connectivity index (χ0n) is 13.4. The van der Waals surface area contributed by atoms with E-state index in [0.29, 0.717) is 28.0 Å². The maximum atomic E-state index is 13.7. The van der Waals surface area contributed by atoms with Gasteiger partial charge in [0.1, 0.15) is 18.1 Å². The van der Waals surface area contributed by atoms with Crippen LogP contribution < -0.4 is 5.32 Å². The lowest BCUT2D eigenvalue weighted by Gasteiger charge is -2.09. The van der Waals surface area contributed by atoms with Gasteiger partial charge in [-0.2, -0.15) is 5.10 Å². The fourth-order valence-electron chi connectivity index (χ4n) is 3.35. The van der Waals surface area contributed by atoms with Crippen molar-refractivity contribution in [1.29, 1.82) is 0 Å². The van der Waals surface area contributed by atoms with Crippen molar-refractivity contribution >= 4 is 22.6 Å². The minimum Gasteiger partial charge on any atom is -0.325 e. The van der Waals surface area contributed by atoms with Gasteiger partial charge in [-0.25, -0.2) is 19.0 Å². The molecule has 1 amide bonds. The molecule has 1 atom stereocenters. The molecule has 1 N–H and O–H groups in total. The minimum atomic E-state index is -0.695. The zero-order chi connectivity index (χ0) is 17.7. The lowest BCUT2D eigenvalue weighted by Crippen LogP contribution is -2.15. The molecule has 0 spiro atoms. The number of fused-ring (bicyclic) bond motifs is 2. The van der Waals surface area contributed by atoms with Crippen molar-refractivity contribution in [3.05, 3.63) is 78.1 Å². The Morgan fingerprint density at radius 2 is 1.92 bits per heavy atom. The summed E-state index contributed by atoms with van der Waals surface area (Å²) in [6.45, 7) is 0. The first kappa shape index (κ1) is 14.7. The summed E-state index contributed by atoms with van der Waals surface area (Å²) in [6.07, 6.45) is 3.05. The number of hydrogen-bond donors (Lipinski definition) is 1. The van der Waals surface area contributed by atoms with Crippen LogP contribution in [-0.2, 0) is 4.79 Å². The predicted molar refractivity (Wildman–Crippen MR) is 93.5 cm³/mol. The lowest BCUT2D eigenvalue weighted by atomic mass is 9.95. The van der Waals surface area contributed by atoms with Crippen LogP contribution in [0.15, 0.2) is 61.1 Å². The quantitative estimate of drug-likeness (QED) is 0.606. The van der Waals surface area contributed by atoms with Crippen LogP contribution in [0.5, 0.6) is 0 Å². The van der Waals surface area contributed by atoms with Crippen molar-refractivity contribution in [2.75, 3.05) is 5.32 Å². The number of amides is 1. The van der Waals surface area contributed by atoms with E-state index >= 15 is 0 Å². The number of aromatic nitrogens is 4. The number of halogens is 1. The van der Waals surface area contributed by atoms with Crippen molar-refractivity contribution in [1.82, 2.24) is 19.7 Å². The van der Waals surface area contributed by atoms with Gasteiger partial charge in [-0.1, -0.05) is 18.2 Å². The van der Waals surface area contributed by atoms with E-state index in [1.165, 1.54) is 18.5 Å². The molecule has 4 aromatic rings. The summed E-state index contributed by atoms with van der Waals surface area (Å²) in [4.78, 5) is 21.2. The highest BCUT2D eigenvalue weighted by Gasteiger charge is 2.35. The van der Waals surface area contributed by atoms with E-state index in [0.717, 1.165) is 5.69 Å². The molecule has 1 aliphatic heterocycles. The number of carbonyl (C=O) groups excluding carboxylic acids is 1. The molecule has 0 fully saturated rings. The van der Waals surface area contributed by atoms with Crippen molar-refractivity contribution in [3.63, 3.8) is 0 Å². The Kier molecular flexibility index (Phi) is 3.08. The highest BCUT2D eigenvalue weighted by atomic mass is 19.1. The number of carbonyl (C=O) groups is 1. The Bertz CT molecular complexity index is 1160. The molecule has 0 aliphatic carbocycles. The van der Waals surface area contributed by atoms with Crippen molar-refractivity contribution in [2.45, 2.75) is 5.92 Å². The van der Waals surface area contributed by atoms with E-state index in [-0.39, 0.29) is 5.91 Å². The van der Waals surface area contributed by atoms with Gasteiger partial charge in [-0.3, -0.25) is 4.79 Å². The monoisotopic (exact) mass is 345 g/mol. The third-order valence-electron chi connectivity index (χ3n) is 4.52. The van der Waals surface area contributed by atoms with E-state index in [1.807, 2.05) is 30.3 Å². The second kappa shape index (κ2) is 5.45. The lowest BCUT2D eigenvalue weighted by molar-refractivity contribution is -0.116. The van der Waals surface area contributed by atoms with Crippen LogP contribution in [0.25, 0.3) is 16.7 Å². The van der Waals surface area contributed by atoms with Gasteiger partial charge >= 0.3 is 0 Å². The van der Waals surface area contributed by atoms with E-state index in [2.05, 4.69) is 20.4 Å². The molecule has 2 aromatic carbocycles. The SMILES string of the molecule is O=C1Nc2ccc(F)cc2C1c1ncnc2c1cnn2-c1ccccc1. The average molecular weight is 345 g/mol. The van der Waals surface area contributed by atoms with Gasteiger partial charge in [0.05, 0.1) is 23.0 Å². The summed E-state index contributed by atoms with van der Waals surface area (Å²) in [5, 5.41) is 7.85. The number of nitrogens with one attached hydrogen (secondary N) is 1. The van der Waals surface area contributed by atoms with Crippen LogP contribution in [0.2, 0.25) is 0 Å². The van der Waals surface area contributed by atoms with E-state index in [4.69, 9.17) is 0 Å². The minimum absolute atomic E-state index is 0.238. The van der Waals surface area contributed by atoms with Crippen LogP contribution in [0.3, 0.4) is 0 Å². The van der Waals surface area contributed by atoms with Gasteiger partial charge in [0, 0.05) is 5.69 Å². The van der Waals surface area contributed by atoms with Crippen molar-refractivity contribution in [3.8, 4) is 5.69 Å². The van der Waals surface area contributed by atoms with Crippen LogP contribution in [0.4, 0.5) is 10.1 Å². The fourth-order valence-corrected chi connectivity index (χ4v) is 3.35. The van der Waals surface area contributed by atoms with Crippen molar-refractivity contribution < 1.29 is 9.18 Å². The van der Waals surface area contributed by atoms with Crippen LogP contribution in [0.1, 0.15) is 17.2 Å². The normalized spacial score (nSPS) is 15.9. The highest BCUT2D eigenvalue weighted by Crippen LogP contribution is 2.38. The molecule has 3 heterocycles. The van der Waals surface area contributed by atoms with E-state index in [1.54, 1.807) is 16.9 Å². The summed E-state index contributed by atoms with van der Waals surface area (Å²) < 4.78 is 15.4. The number of nitrogens with zero attached hydrogens (tertiary/aromatic N) is 4. The molecule has 6 nitrogen and oxygen atoms in total. The maximum absolute atomic E-state index is 13.7. The molecule has 1 aliphatic rings. The summed E-state index contributed by atoms with van der Waals surface area (Å²) in [7, 11) is 0. The largest absolute Gasteiger partial charge is 0.325 e. The number of rotatable bonds is 2. The van der Waals surface area contributed by atoms with Crippen LogP contribution in [0, 0.1) is 5.82 Å². The van der Waals surface area contributed by atoms with Gasteiger partial charge in [-0.15, -0.1) is 0 Å². The summed E-state index contributed by atoms with van der Waals surface area (Å²) in [6, 6.07) is 13.8. The zero-order valence-corrected chi connectivity index (χ0v) is 13.4. The topological polar surface area (TPSA) is 72.7 Å².